The molecule has 0 radical (unpaired) electrons. The highest BCUT2D eigenvalue weighted by molar-refractivity contribution is 6.16. The molecule has 10 rings (SSSR count). The second-order valence-electron chi connectivity index (χ2n) is 13.3. The summed E-state index contributed by atoms with van der Waals surface area (Å²) < 4.78 is 6.43. The lowest BCUT2D eigenvalue weighted by atomic mass is 9.79. The van der Waals surface area contributed by atoms with E-state index in [1.165, 1.54) is 87.6 Å². The lowest BCUT2D eigenvalue weighted by Crippen LogP contribution is -2.15. The Bertz CT molecular complexity index is 2720. The van der Waals surface area contributed by atoms with Crippen molar-refractivity contribution in [3.63, 3.8) is 0 Å². The minimum absolute atomic E-state index is 0.162. The standard InChI is InChI=1S/C45H30O/c1-45(2)40-25-32(34-14-8-16-41-43(34)39-24-29-11-5-6-12-30(29)26-42(39)46-41)19-20-36(40)38-22-21-35-33(13-7-15-37(35)44(38)45)31-18-17-27-9-3-4-10-28(27)23-31/h3-26H,1-2H3. The molecule has 8 aromatic carbocycles. The molecule has 0 saturated heterocycles. The molecule has 1 aliphatic carbocycles. The summed E-state index contributed by atoms with van der Waals surface area (Å²) in [6.45, 7) is 4.78. The summed E-state index contributed by atoms with van der Waals surface area (Å²) in [5.41, 5.74) is 12.1. The summed E-state index contributed by atoms with van der Waals surface area (Å²) in [7, 11) is 0. The molecular formula is C45H30O. The summed E-state index contributed by atoms with van der Waals surface area (Å²) in [5.74, 6) is 0. The second kappa shape index (κ2) is 9.19. The van der Waals surface area contributed by atoms with Crippen LogP contribution in [0.1, 0.15) is 25.0 Å². The van der Waals surface area contributed by atoms with E-state index in [0.29, 0.717) is 0 Å². The van der Waals surface area contributed by atoms with Crippen molar-refractivity contribution in [1.82, 2.24) is 0 Å². The van der Waals surface area contributed by atoms with Crippen LogP contribution in [0.15, 0.2) is 150 Å². The van der Waals surface area contributed by atoms with Crippen LogP contribution in [-0.4, -0.2) is 0 Å². The Kier molecular flexibility index (Phi) is 5.12. The third kappa shape index (κ3) is 3.51. The van der Waals surface area contributed by atoms with Gasteiger partial charge in [0.2, 0.25) is 0 Å². The van der Waals surface area contributed by atoms with Crippen molar-refractivity contribution >= 4 is 54.3 Å². The average molecular weight is 587 g/mol. The molecule has 0 aliphatic heterocycles. The third-order valence-electron chi connectivity index (χ3n) is 10.4. The van der Waals surface area contributed by atoms with Gasteiger partial charge in [-0.3, -0.25) is 0 Å². The summed E-state index contributed by atoms with van der Waals surface area (Å²) in [5, 5.41) is 9.96. The van der Waals surface area contributed by atoms with E-state index < -0.39 is 0 Å². The van der Waals surface area contributed by atoms with E-state index in [1.807, 2.05) is 0 Å². The van der Waals surface area contributed by atoms with Gasteiger partial charge in [-0.2, -0.15) is 0 Å². The summed E-state index contributed by atoms with van der Waals surface area (Å²) in [6, 6.07) is 53.4. The van der Waals surface area contributed by atoms with E-state index in [1.54, 1.807) is 0 Å². The van der Waals surface area contributed by atoms with Gasteiger partial charge in [0.05, 0.1) is 0 Å². The number of fused-ring (bicyclic) bond motifs is 10. The van der Waals surface area contributed by atoms with Crippen LogP contribution in [0.25, 0.3) is 87.6 Å². The minimum atomic E-state index is -0.162. The first-order chi connectivity index (χ1) is 22.5. The van der Waals surface area contributed by atoms with E-state index in [0.717, 1.165) is 11.2 Å². The number of rotatable bonds is 2. The molecule has 0 bridgehead atoms. The minimum Gasteiger partial charge on any atom is -0.456 e. The molecule has 9 aromatic rings. The Morgan fingerprint density at radius 2 is 1.09 bits per heavy atom. The van der Waals surface area contributed by atoms with Gasteiger partial charge in [-0.1, -0.05) is 129 Å². The monoisotopic (exact) mass is 586 g/mol. The van der Waals surface area contributed by atoms with Crippen LogP contribution in [0.3, 0.4) is 0 Å². The van der Waals surface area contributed by atoms with Crippen LogP contribution >= 0.6 is 0 Å². The smallest absolute Gasteiger partial charge is 0.136 e. The van der Waals surface area contributed by atoms with Crippen molar-refractivity contribution in [2.75, 3.05) is 0 Å². The van der Waals surface area contributed by atoms with Gasteiger partial charge in [-0.25, -0.2) is 0 Å². The zero-order valence-corrected chi connectivity index (χ0v) is 25.8. The van der Waals surface area contributed by atoms with Crippen LogP contribution < -0.4 is 0 Å². The van der Waals surface area contributed by atoms with Crippen LogP contribution in [0.2, 0.25) is 0 Å². The zero-order valence-electron chi connectivity index (χ0n) is 25.8. The van der Waals surface area contributed by atoms with Crippen LogP contribution in [0, 0.1) is 0 Å². The topological polar surface area (TPSA) is 13.1 Å². The molecule has 1 aliphatic rings. The summed E-state index contributed by atoms with van der Waals surface area (Å²) in [6.07, 6.45) is 0. The largest absolute Gasteiger partial charge is 0.456 e. The molecule has 0 amide bonds. The molecule has 0 saturated carbocycles. The van der Waals surface area contributed by atoms with Crippen LogP contribution in [0.5, 0.6) is 0 Å². The third-order valence-corrected chi connectivity index (χ3v) is 10.4. The van der Waals surface area contributed by atoms with Crippen molar-refractivity contribution in [2.45, 2.75) is 19.3 Å². The maximum absolute atomic E-state index is 6.43. The average Bonchev–Trinajstić information content (AvgIpc) is 3.57. The highest BCUT2D eigenvalue weighted by atomic mass is 16.3. The SMILES string of the molecule is CC1(C)c2cc(-c3cccc4oc5cc6ccccc6cc5c34)ccc2-c2ccc3c(-c4ccc5ccccc5c4)cccc3c21. The Morgan fingerprint density at radius 3 is 1.93 bits per heavy atom. The van der Waals surface area contributed by atoms with E-state index in [-0.39, 0.29) is 5.41 Å². The predicted molar refractivity (Wildman–Crippen MR) is 195 cm³/mol. The molecule has 216 valence electrons. The van der Waals surface area contributed by atoms with Crippen molar-refractivity contribution in [1.29, 1.82) is 0 Å². The van der Waals surface area contributed by atoms with Crippen molar-refractivity contribution in [3.8, 4) is 33.4 Å². The summed E-state index contributed by atoms with van der Waals surface area (Å²) >= 11 is 0. The van der Waals surface area contributed by atoms with E-state index in [4.69, 9.17) is 4.42 Å². The molecule has 46 heavy (non-hydrogen) atoms. The Balaban J connectivity index is 1.15. The van der Waals surface area contributed by atoms with Gasteiger partial charge in [0.1, 0.15) is 11.2 Å². The van der Waals surface area contributed by atoms with Crippen LogP contribution in [-0.2, 0) is 5.41 Å². The van der Waals surface area contributed by atoms with Crippen molar-refractivity contribution in [3.05, 3.63) is 157 Å². The van der Waals surface area contributed by atoms with E-state index in [2.05, 4.69) is 159 Å². The van der Waals surface area contributed by atoms with Crippen molar-refractivity contribution in [2.24, 2.45) is 0 Å². The Morgan fingerprint density at radius 1 is 0.413 bits per heavy atom. The first-order valence-electron chi connectivity index (χ1n) is 16.1. The fourth-order valence-corrected chi connectivity index (χ4v) is 8.21. The quantitative estimate of drug-likeness (QED) is 0.196. The van der Waals surface area contributed by atoms with Gasteiger partial charge in [0.15, 0.2) is 0 Å². The van der Waals surface area contributed by atoms with Crippen molar-refractivity contribution < 1.29 is 4.42 Å². The van der Waals surface area contributed by atoms with Gasteiger partial charge in [0, 0.05) is 16.2 Å². The van der Waals surface area contributed by atoms with Gasteiger partial charge < -0.3 is 4.42 Å². The molecule has 0 atom stereocenters. The van der Waals surface area contributed by atoms with Crippen LogP contribution in [0.4, 0.5) is 0 Å². The Labute approximate surface area is 267 Å². The molecule has 1 aromatic heterocycles. The van der Waals surface area contributed by atoms with Gasteiger partial charge in [0.25, 0.3) is 0 Å². The number of hydrogen-bond donors (Lipinski definition) is 0. The highest BCUT2D eigenvalue weighted by Gasteiger charge is 2.37. The molecule has 0 spiro atoms. The maximum atomic E-state index is 6.43. The molecule has 0 N–H and O–H groups in total. The molecule has 0 fully saturated rings. The first kappa shape index (κ1) is 25.6. The maximum Gasteiger partial charge on any atom is 0.136 e. The zero-order chi connectivity index (χ0) is 30.6. The Hall–Kier alpha value is -5.66. The number of hydrogen-bond acceptors (Lipinski definition) is 1. The molecule has 0 unspecified atom stereocenters. The highest BCUT2D eigenvalue weighted by Crippen LogP contribution is 2.53. The normalized spacial score (nSPS) is 13.6. The molecule has 1 heteroatoms. The number of benzene rings is 8. The van der Waals surface area contributed by atoms with E-state index in [9.17, 15) is 0 Å². The molecular weight excluding hydrogens is 556 g/mol. The number of furan rings is 1. The summed E-state index contributed by atoms with van der Waals surface area (Å²) in [4.78, 5) is 0. The van der Waals surface area contributed by atoms with Gasteiger partial charge in [-0.15, -0.1) is 0 Å². The lowest BCUT2D eigenvalue weighted by Gasteiger charge is -2.24. The lowest BCUT2D eigenvalue weighted by molar-refractivity contribution is 0.666. The fourth-order valence-electron chi connectivity index (χ4n) is 8.21. The van der Waals surface area contributed by atoms with Gasteiger partial charge in [-0.05, 0) is 107 Å². The second-order valence-corrected chi connectivity index (χ2v) is 13.3. The fraction of sp³-hybridized carbons (Fsp3) is 0.0667. The molecule has 1 heterocycles. The van der Waals surface area contributed by atoms with Gasteiger partial charge >= 0.3 is 0 Å². The van der Waals surface area contributed by atoms with E-state index >= 15 is 0 Å². The predicted octanol–water partition coefficient (Wildman–Crippen LogP) is 12.7. The molecule has 1 nitrogen and oxygen atoms in total. The first-order valence-corrected chi connectivity index (χ1v) is 16.1.